The van der Waals surface area contributed by atoms with Gasteiger partial charge in [-0.15, -0.1) is 23.2 Å². The second-order valence-corrected chi connectivity index (χ2v) is 12.3. The van der Waals surface area contributed by atoms with E-state index >= 15 is 0 Å². The number of benzene rings is 2. The molecule has 4 rings (SSSR count). The second kappa shape index (κ2) is 8.28. The Morgan fingerprint density at radius 1 is 0.559 bits per heavy atom. The van der Waals surface area contributed by atoms with Crippen molar-refractivity contribution in [1.82, 2.24) is 0 Å². The van der Waals surface area contributed by atoms with Crippen molar-refractivity contribution in [3.8, 4) is 0 Å². The number of rotatable bonds is 4. The largest absolute Gasteiger partial charge is 0.109 e. The predicted octanol–water partition coefficient (Wildman–Crippen LogP) is 9.86. The molecule has 2 aromatic carbocycles. The third-order valence-electron chi connectivity index (χ3n) is 8.70. The van der Waals surface area contributed by atoms with E-state index < -0.39 is 15.2 Å². The molecule has 0 radical (unpaired) electrons. The molecule has 0 aromatic heterocycles. The minimum Gasteiger partial charge on any atom is -0.109 e. The van der Waals surface area contributed by atoms with Crippen molar-refractivity contribution in [2.75, 3.05) is 0 Å². The number of hydrogen-bond acceptors (Lipinski definition) is 0. The molecule has 0 spiro atoms. The molecule has 0 N–H and O–H groups in total. The second-order valence-electron chi connectivity index (χ2n) is 11.2. The molecule has 0 saturated heterocycles. The molecule has 2 aliphatic rings. The van der Waals surface area contributed by atoms with Gasteiger partial charge in [0.25, 0.3) is 0 Å². The topological polar surface area (TPSA) is 0 Å². The molecule has 2 unspecified atom stereocenters. The lowest BCUT2D eigenvalue weighted by molar-refractivity contribution is 0.0582. The summed E-state index contributed by atoms with van der Waals surface area (Å²) in [4.78, 5) is -1.50. The van der Waals surface area contributed by atoms with Crippen LogP contribution in [-0.2, 0) is 0 Å². The third-order valence-corrected chi connectivity index (χ3v) is 10.6. The number of allylic oxidation sites excluding steroid dienone is 8. The van der Waals surface area contributed by atoms with Crippen LogP contribution in [0.1, 0.15) is 66.5 Å². The fraction of sp³-hybridized carbons (Fsp3) is 0.375. The molecule has 0 saturated carbocycles. The van der Waals surface area contributed by atoms with E-state index in [1.165, 1.54) is 33.4 Å². The van der Waals surface area contributed by atoms with Crippen LogP contribution >= 0.6 is 23.2 Å². The van der Waals surface area contributed by atoms with E-state index in [9.17, 15) is 0 Å². The average Bonchev–Trinajstić information content (AvgIpc) is 3.19. The van der Waals surface area contributed by atoms with Gasteiger partial charge in [0, 0.05) is 5.41 Å². The smallest absolute Gasteiger partial charge is 0.0952 e. The van der Waals surface area contributed by atoms with E-state index in [4.69, 9.17) is 23.2 Å². The van der Waals surface area contributed by atoms with Crippen LogP contribution < -0.4 is 0 Å². The van der Waals surface area contributed by atoms with E-state index in [1.807, 2.05) is 0 Å². The molecular formula is C32H36Cl2. The maximum absolute atomic E-state index is 7.94. The Kier molecular flexibility index (Phi) is 6.11. The Labute approximate surface area is 216 Å². The van der Waals surface area contributed by atoms with Crippen molar-refractivity contribution in [1.29, 1.82) is 0 Å². The van der Waals surface area contributed by atoms with Gasteiger partial charge in [-0.3, -0.25) is 0 Å². The van der Waals surface area contributed by atoms with Crippen LogP contribution in [0.25, 0.3) is 11.1 Å². The Hall–Kier alpha value is -2.02. The van der Waals surface area contributed by atoms with Crippen LogP contribution in [0.5, 0.6) is 0 Å². The van der Waals surface area contributed by atoms with E-state index in [-0.39, 0.29) is 5.41 Å². The highest BCUT2D eigenvalue weighted by Gasteiger charge is 2.68. The van der Waals surface area contributed by atoms with Gasteiger partial charge in [-0.05, 0) is 77.7 Å². The summed E-state index contributed by atoms with van der Waals surface area (Å²) in [5.41, 5.74) is 8.67. The average molecular weight is 492 g/mol. The van der Waals surface area contributed by atoms with Gasteiger partial charge >= 0.3 is 0 Å². The van der Waals surface area contributed by atoms with E-state index in [0.717, 1.165) is 11.1 Å². The molecule has 2 atom stereocenters. The molecule has 2 aromatic rings. The van der Waals surface area contributed by atoms with Gasteiger partial charge in [-0.1, -0.05) is 101 Å². The highest BCUT2D eigenvalue weighted by Crippen LogP contribution is 2.70. The minimum absolute atomic E-state index is 0.221. The maximum Gasteiger partial charge on any atom is 0.0952 e. The zero-order valence-electron chi connectivity index (χ0n) is 21.7. The molecule has 0 fully saturated rings. The van der Waals surface area contributed by atoms with Crippen LogP contribution in [0.15, 0.2) is 95.1 Å². The molecule has 178 valence electrons. The molecule has 0 aliphatic heterocycles. The third kappa shape index (κ3) is 3.18. The summed E-state index contributed by atoms with van der Waals surface area (Å²) in [7, 11) is 0. The Morgan fingerprint density at radius 3 is 1.18 bits per heavy atom. The van der Waals surface area contributed by atoms with Crippen LogP contribution in [0, 0.1) is 10.8 Å². The van der Waals surface area contributed by atoms with Gasteiger partial charge in [0.1, 0.15) is 0 Å². The van der Waals surface area contributed by atoms with Gasteiger partial charge < -0.3 is 0 Å². The number of hydrogen-bond donors (Lipinski definition) is 0. The zero-order valence-corrected chi connectivity index (χ0v) is 23.2. The number of alkyl halides is 2. The standard InChI is InChI=1S/C32H36Cl2/c1-21-19-27(25-15-11-9-12-16-25)23(3)31(21,33)30(8,29(5,6)7)32(34)22(2)20-28(24(32)4)26-17-13-10-14-18-26/h9-20H,1-8H3. The first-order chi connectivity index (χ1) is 15.8. The van der Waals surface area contributed by atoms with Crippen molar-refractivity contribution in [3.05, 3.63) is 106 Å². The minimum atomic E-state index is -0.749. The first kappa shape index (κ1) is 25.1. The fourth-order valence-corrected chi connectivity index (χ4v) is 7.67. The van der Waals surface area contributed by atoms with E-state index in [1.54, 1.807) is 0 Å². The van der Waals surface area contributed by atoms with Crippen molar-refractivity contribution >= 4 is 34.3 Å². The van der Waals surface area contributed by atoms with Crippen LogP contribution in [0.3, 0.4) is 0 Å². The van der Waals surface area contributed by atoms with Crippen molar-refractivity contribution in [2.24, 2.45) is 10.8 Å². The first-order valence-electron chi connectivity index (χ1n) is 12.1. The summed E-state index contributed by atoms with van der Waals surface area (Å²) in [6.07, 6.45) is 4.54. The van der Waals surface area contributed by atoms with Gasteiger partial charge in [0.05, 0.1) is 9.75 Å². The quantitative estimate of drug-likeness (QED) is 0.373. The summed E-state index contributed by atoms with van der Waals surface area (Å²) in [6, 6.07) is 21.1. The van der Waals surface area contributed by atoms with E-state index in [2.05, 4.69) is 128 Å². The van der Waals surface area contributed by atoms with Crippen LogP contribution in [0.2, 0.25) is 0 Å². The molecule has 2 aliphatic carbocycles. The number of halogens is 2. The maximum atomic E-state index is 7.94. The van der Waals surface area contributed by atoms with Crippen molar-refractivity contribution < 1.29 is 0 Å². The zero-order chi connectivity index (χ0) is 25.1. The highest BCUT2D eigenvalue weighted by atomic mass is 35.5. The highest BCUT2D eigenvalue weighted by molar-refractivity contribution is 6.35. The van der Waals surface area contributed by atoms with Gasteiger partial charge in [-0.25, -0.2) is 0 Å². The summed E-state index contributed by atoms with van der Waals surface area (Å²) in [6.45, 7) is 17.9. The summed E-state index contributed by atoms with van der Waals surface area (Å²) in [5.74, 6) is 0. The fourth-order valence-electron chi connectivity index (χ4n) is 6.46. The summed E-state index contributed by atoms with van der Waals surface area (Å²) >= 11 is 15.9. The summed E-state index contributed by atoms with van der Waals surface area (Å²) in [5, 5.41) is 0. The normalized spacial score (nSPS) is 27.1. The lowest BCUT2D eigenvalue weighted by Gasteiger charge is -2.60. The van der Waals surface area contributed by atoms with Gasteiger partial charge in [-0.2, -0.15) is 0 Å². The van der Waals surface area contributed by atoms with Gasteiger partial charge in [0.2, 0.25) is 0 Å². The molecular weight excluding hydrogens is 455 g/mol. The Balaban J connectivity index is 2.01. The summed E-state index contributed by atoms with van der Waals surface area (Å²) < 4.78 is 0. The molecule has 2 heteroatoms. The molecule has 34 heavy (non-hydrogen) atoms. The van der Waals surface area contributed by atoms with E-state index in [0.29, 0.717) is 0 Å². The predicted molar refractivity (Wildman–Crippen MR) is 150 cm³/mol. The lowest BCUT2D eigenvalue weighted by Crippen LogP contribution is -2.62. The van der Waals surface area contributed by atoms with Crippen molar-refractivity contribution in [3.63, 3.8) is 0 Å². The van der Waals surface area contributed by atoms with Crippen LogP contribution in [0.4, 0.5) is 0 Å². The van der Waals surface area contributed by atoms with Crippen molar-refractivity contribution in [2.45, 2.75) is 65.1 Å². The molecule has 0 nitrogen and oxygen atoms in total. The lowest BCUT2D eigenvalue weighted by atomic mass is 9.49. The van der Waals surface area contributed by atoms with Crippen LogP contribution in [-0.4, -0.2) is 9.75 Å². The first-order valence-corrected chi connectivity index (χ1v) is 12.9. The molecule has 0 heterocycles. The molecule has 0 bridgehead atoms. The monoisotopic (exact) mass is 490 g/mol. The SMILES string of the molecule is CC1=CC(c2ccccc2)=C(C)C1(Cl)C(C)(C(C)(C)C)C1(Cl)C(C)=CC(c2ccccc2)=C1C. The Morgan fingerprint density at radius 2 is 0.882 bits per heavy atom. The molecule has 0 amide bonds. The van der Waals surface area contributed by atoms with Gasteiger partial charge in [0.15, 0.2) is 0 Å². The Bertz CT molecular complexity index is 1150.